The summed E-state index contributed by atoms with van der Waals surface area (Å²) in [7, 11) is 1.62. The molecule has 0 saturated heterocycles. The Labute approximate surface area is 194 Å². The second-order valence-electron chi connectivity index (χ2n) is 7.40. The molecule has 0 aliphatic carbocycles. The Morgan fingerprint density at radius 2 is 1.79 bits per heavy atom. The first-order valence-corrected chi connectivity index (χ1v) is 10.7. The number of benzene rings is 3. The minimum absolute atomic E-state index is 0.259. The molecule has 0 aliphatic heterocycles. The number of carbonyl (C=O) groups is 1. The van der Waals surface area contributed by atoms with Gasteiger partial charge in [0.2, 0.25) is 0 Å². The van der Waals surface area contributed by atoms with Gasteiger partial charge >= 0.3 is 0 Å². The molecule has 0 fully saturated rings. The molecule has 3 aromatic carbocycles. The van der Waals surface area contributed by atoms with Gasteiger partial charge in [0.1, 0.15) is 11.4 Å². The standard InChI is InChI=1S/C26H19ClN4O2/c1-33-18-12-10-16(11-13-18)24-25-20(19-7-3-5-9-22(19)29-25)14-23(30-24)26(32)31-28-15-17-6-2-4-8-21(17)27/h2-15,29H,1H3,(H,31,32)/b28-15+. The van der Waals surface area contributed by atoms with Gasteiger partial charge in [-0.25, -0.2) is 10.4 Å². The fourth-order valence-corrected chi connectivity index (χ4v) is 3.90. The fraction of sp³-hybridized carbons (Fsp3) is 0.0385. The molecular formula is C26H19ClN4O2. The molecule has 2 aromatic heterocycles. The molecule has 0 spiro atoms. The highest BCUT2D eigenvalue weighted by Crippen LogP contribution is 2.33. The van der Waals surface area contributed by atoms with Crippen LogP contribution in [0.3, 0.4) is 0 Å². The molecule has 6 nitrogen and oxygen atoms in total. The monoisotopic (exact) mass is 454 g/mol. The summed E-state index contributed by atoms with van der Waals surface area (Å²) in [5.41, 5.74) is 6.89. The number of nitrogens with zero attached hydrogens (tertiary/aromatic N) is 2. The summed E-state index contributed by atoms with van der Waals surface area (Å²) >= 11 is 6.15. The second-order valence-corrected chi connectivity index (χ2v) is 7.81. The van der Waals surface area contributed by atoms with E-state index in [9.17, 15) is 4.79 Å². The summed E-state index contributed by atoms with van der Waals surface area (Å²) in [6.45, 7) is 0. The van der Waals surface area contributed by atoms with Crippen LogP contribution in [0.4, 0.5) is 0 Å². The number of hydrogen-bond donors (Lipinski definition) is 2. The molecule has 7 heteroatoms. The topological polar surface area (TPSA) is 79.4 Å². The van der Waals surface area contributed by atoms with Crippen LogP contribution in [-0.4, -0.2) is 29.2 Å². The molecule has 162 valence electrons. The molecule has 0 aliphatic rings. The molecule has 0 saturated carbocycles. The Morgan fingerprint density at radius 1 is 1.03 bits per heavy atom. The lowest BCUT2D eigenvalue weighted by molar-refractivity contribution is 0.0950. The van der Waals surface area contributed by atoms with Gasteiger partial charge in [0, 0.05) is 32.4 Å². The first-order valence-electron chi connectivity index (χ1n) is 10.3. The zero-order valence-electron chi connectivity index (χ0n) is 17.7. The van der Waals surface area contributed by atoms with Gasteiger partial charge in [0.15, 0.2) is 0 Å². The van der Waals surface area contributed by atoms with Crippen molar-refractivity contribution in [3.63, 3.8) is 0 Å². The number of aromatic amines is 1. The maximum Gasteiger partial charge on any atom is 0.289 e. The van der Waals surface area contributed by atoms with Crippen LogP contribution >= 0.6 is 11.6 Å². The SMILES string of the molecule is COc1ccc(-c2nc(C(=O)N/N=C/c3ccccc3Cl)cc3c2[nH]c2ccccc23)cc1. The molecule has 1 amide bonds. The van der Waals surface area contributed by atoms with Crippen molar-refractivity contribution in [2.45, 2.75) is 0 Å². The number of hydrogen-bond acceptors (Lipinski definition) is 4. The Bertz CT molecular complexity index is 1510. The van der Waals surface area contributed by atoms with Gasteiger partial charge in [-0.2, -0.15) is 5.10 Å². The minimum Gasteiger partial charge on any atom is -0.497 e. The largest absolute Gasteiger partial charge is 0.497 e. The predicted molar refractivity (Wildman–Crippen MR) is 132 cm³/mol. The van der Waals surface area contributed by atoms with E-state index in [4.69, 9.17) is 16.3 Å². The van der Waals surface area contributed by atoms with Crippen LogP contribution in [0.15, 0.2) is 84.0 Å². The van der Waals surface area contributed by atoms with Crippen molar-refractivity contribution >= 4 is 45.5 Å². The van der Waals surface area contributed by atoms with Crippen LogP contribution in [0.25, 0.3) is 33.1 Å². The Morgan fingerprint density at radius 3 is 2.58 bits per heavy atom. The molecular weight excluding hydrogens is 436 g/mol. The Balaban J connectivity index is 1.57. The third kappa shape index (κ3) is 4.04. The van der Waals surface area contributed by atoms with Crippen LogP contribution in [0.2, 0.25) is 5.02 Å². The van der Waals surface area contributed by atoms with Gasteiger partial charge in [0.25, 0.3) is 5.91 Å². The van der Waals surface area contributed by atoms with Gasteiger partial charge in [-0.3, -0.25) is 4.79 Å². The summed E-state index contributed by atoms with van der Waals surface area (Å²) in [5.74, 6) is 0.328. The molecule has 0 atom stereocenters. The van der Waals surface area contributed by atoms with Gasteiger partial charge in [0.05, 0.1) is 24.5 Å². The van der Waals surface area contributed by atoms with E-state index in [0.717, 1.165) is 33.1 Å². The fourth-order valence-electron chi connectivity index (χ4n) is 3.72. The van der Waals surface area contributed by atoms with E-state index >= 15 is 0 Å². The van der Waals surface area contributed by atoms with Crippen molar-refractivity contribution in [3.05, 3.63) is 95.1 Å². The van der Waals surface area contributed by atoms with Gasteiger partial charge < -0.3 is 9.72 Å². The number of para-hydroxylation sites is 1. The minimum atomic E-state index is -0.416. The molecule has 0 unspecified atom stereocenters. The number of halogens is 1. The zero-order valence-corrected chi connectivity index (χ0v) is 18.4. The number of aromatic nitrogens is 2. The highest BCUT2D eigenvalue weighted by molar-refractivity contribution is 6.33. The van der Waals surface area contributed by atoms with Crippen LogP contribution in [-0.2, 0) is 0 Å². The van der Waals surface area contributed by atoms with Gasteiger partial charge in [-0.1, -0.05) is 48.0 Å². The van der Waals surface area contributed by atoms with E-state index in [0.29, 0.717) is 16.3 Å². The first-order chi connectivity index (χ1) is 16.1. The summed E-state index contributed by atoms with van der Waals surface area (Å²) in [4.78, 5) is 21.1. The third-order valence-electron chi connectivity index (χ3n) is 5.37. The summed E-state index contributed by atoms with van der Waals surface area (Å²) < 4.78 is 5.27. The van der Waals surface area contributed by atoms with E-state index < -0.39 is 5.91 Å². The van der Waals surface area contributed by atoms with Crippen LogP contribution in [0.1, 0.15) is 16.1 Å². The predicted octanol–water partition coefficient (Wildman–Crippen LogP) is 5.81. The zero-order chi connectivity index (χ0) is 22.8. The van der Waals surface area contributed by atoms with Crippen molar-refractivity contribution in [2.24, 2.45) is 5.10 Å². The van der Waals surface area contributed by atoms with Crippen molar-refractivity contribution < 1.29 is 9.53 Å². The molecule has 0 radical (unpaired) electrons. The molecule has 5 aromatic rings. The highest BCUT2D eigenvalue weighted by atomic mass is 35.5. The highest BCUT2D eigenvalue weighted by Gasteiger charge is 2.17. The number of methoxy groups -OCH3 is 1. The van der Waals surface area contributed by atoms with Crippen molar-refractivity contribution in [1.29, 1.82) is 0 Å². The summed E-state index contributed by atoms with van der Waals surface area (Å²) in [6, 6.07) is 24.6. The number of pyridine rings is 1. The smallest absolute Gasteiger partial charge is 0.289 e. The first kappa shape index (κ1) is 20.7. The third-order valence-corrected chi connectivity index (χ3v) is 5.71. The van der Waals surface area contributed by atoms with E-state index in [2.05, 4.69) is 20.5 Å². The van der Waals surface area contributed by atoms with Gasteiger partial charge in [-0.15, -0.1) is 0 Å². The molecule has 2 heterocycles. The maximum absolute atomic E-state index is 13.0. The van der Waals surface area contributed by atoms with Crippen molar-refractivity contribution in [2.75, 3.05) is 7.11 Å². The number of hydrazone groups is 1. The maximum atomic E-state index is 13.0. The van der Waals surface area contributed by atoms with Crippen LogP contribution in [0, 0.1) is 0 Å². The lowest BCUT2D eigenvalue weighted by Crippen LogP contribution is -2.19. The summed E-state index contributed by atoms with van der Waals surface area (Å²) in [5, 5.41) is 6.53. The number of ether oxygens (including phenoxy) is 1. The molecule has 0 bridgehead atoms. The van der Waals surface area contributed by atoms with E-state index in [-0.39, 0.29) is 5.69 Å². The number of nitrogens with one attached hydrogen (secondary N) is 2. The number of fused-ring (bicyclic) bond motifs is 3. The van der Waals surface area contributed by atoms with E-state index in [1.807, 2.05) is 66.7 Å². The molecule has 2 N–H and O–H groups in total. The lowest BCUT2D eigenvalue weighted by Gasteiger charge is -2.08. The Hall–Kier alpha value is -4.16. The normalized spacial score (nSPS) is 11.3. The van der Waals surface area contributed by atoms with Crippen molar-refractivity contribution in [1.82, 2.24) is 15.4 Å². The van der Waals surface area contributed by atoms with Crippen LogP contribution < -0.4 is 10.2 Å². The van der Waals surface area contributed by atoms with E-state index in [1.54, 1.807) is 19.2 Å². The molecule has 33 heavy (non-hydrogen) atoms. The quantitative estimate of drug-likeness (QED) is 0.260. The number of H-pyrrole nitrogens is 1. The average molecular weight is 455 g/mol. The number of carbonyl (C=O) groups excluding carboxylic acids is 1. The lowest BCUT2D eigenvalue weighted by atomic mass is 10.1. The summed E-state index contributed by atoms with van der Waals surface area (Å²) in [6.07, 6.45) is 1.51. The second kappa shape index (κ2) is 8.76. The van der Waals surface area contributed by atoms with Crippen molar-refractivity contribution in [3.8, 4) is 17.0 Å². The van der Waals surface area contributed by atoms with E-state index in [1.165, 1.54) is 6.21 Å². The number of rotatable bonds is 5. The average Bonchev–Trinajstić information content (AvgIpc) is 3.23. The van der Waals surface area contributed by atoms with Gasteiger partial charge in [-0.05, 0) is 42.5 Å². The Kier molecular flexibility index (Phi) is 5.50. The van der Waals surface area contributed by atoms with Crippen LogP contribution in [0.5, 0.6) is 5.75 Å². The molecule has 5 rings (SSSR count). The number of amides is 1.